The largest absolute Gasteiger partial charge is 0.490 e. The summed E-state index contributed by atoms with van der Waals surface area (Å²) in [6.45, 7) is 6.91. The van der Waals surface area contributed by atoms with Crippen molar-refractivity contribution in [3.8, 4) is 5.75 Å². The summed E-state index contributed by atoms with van der Waals surface area (Å²) in [5, 5.41) is 0. The average Bonchev–Trinajstić information content (AvgIpc) is 3.17. The third-order valence-electron chi connectivity index (χ3n) is 5.70. The molecule has 1 saturated carbocycles. The summed E-state index contributed by atoms with van der Waals surface area (Å²) in [5.74, 6) is -0.188. The Labute approximate surface area is 176 Å². The first-order valence-electron chi connectivity index (χ1n) is 10.7. The van der Waals surface area contributed by atoms with Gasteiger partial charge in [-0.15, -0.1) is 0 Å². The molecule has 0 spiro atoms. The van der Waals surface area contributed by atoms with Gasteiger partial charge in [0.1, 0.15) is 11.4 Å². The molecule has 0 bridgehead atoms. The molecular formula is C23H28F2N4O. The molecule has 1 aromatic carbocycles. The Balaban J connectivity index is 1.37. The summed E-state index contributed by atoms with van der Waals surface area (Å²) in [7, 11) is 0. The number of amidine groups is 2. The highest BCUT2D eigenvalue weighted by Gasteiger charge is 2.35. The van der Waals surface area contributed by atoms with Gasteiger partial charge >= 0.3 is 0 Å². The van der Waals surface area contributed by atoms with Crippen molar-refractivity contribution in [2.45, 2.75) is 51.6 Å². The fourth-order valence-corrected chi connectivity index (χ4v) is 3.85. The number of halogens is 2. The lowest BCUT2D eigenvalue weighted by Gasteiger charge is -2.33. The van der Waals surface area contributed by atoms with E-state index < -0.39 is 5.92 Å². The normalized spacial score (nSPS) is 21.4. The van der Waals surface area contributed by atoms with Gasteiger partial charge in [-0.2, -0.15) is 0 Å². The second kappa shape index (κ2) is 8.58. The molecule has 0 unspecified atom stereocenters. The fraction of sp³-hybridized carbons (Fsp3) is 0.478. The Morgan fingerprint density at radius 2 is 1.80 bits per heavy atom. The molecule has 5 nitrogen and oxygen atoms in total. The molecule has 0 saturated heterocycles. The zero-order valence-electron chi connectivity index (χ0n) is 17.5. The first kappa shape index (κ1) is 20.6. The lowest BCUT2D eigenvalue weighted by Crippen LogP contribution is -2.43. The van der Waals surface area contributed by atoms with Gasteiger partial charge in [0.15, 0.2) is 11.7 Å². The van der Waals surface area contributed by atoms with Crippen LogP contribution in [-0.2, 0) is 0 Å². The van der Waals surface area contributed by atoms with E-state index in [1.54, 1.807) is 0 Å². The highest BCUT2D eigenvalue weighted by atomic mass is 19.3. The minimum atomic E-state index is -2.53. The van der Waals surface area contributed by atoms with Crippen molar-refractivity contribution in [3.05, 3.63) is 47.8 Å². The van der Waals surface area contributed by atoms with E-state index >= 15 is 0 Å². The van der Waals surface area contributed by atoms with Crippen molar-refractivity contribution in [1.82, 2.24) is 9.80 Å². The molecule has 0 radical (unpaired) electrons. The van der Waals surface area contributed by atoms with Crippen LogP contribution in [0.5, 0.6) is 5.75 Å². The predicted molar refractivity (Wildman–Crippen MR) is 116 cm³/mol. The van der Waals surface area contributed by atoms with Crippen LogP contribution in [0.3, 0.4) is 0 Å². The average molecular weight is 415 g/mol. The van der Waals surface area contributed by atoms with E-state index in [0.717, 1.165) is 42.6 Å². The lowest BCUT2D eigenvalue weighted by atomic mass is 9.94. The number of hydrogen-bond donors (Lipinski definition) is 0. The molecule has 3 aliphatic rings. The molecule has 1 aromatic rings. The molecule has 0 amide bonds. The van der Waals surface area contributed by atoms with E-state index in [1.165, 1.54) is 0 Å². The standard InChI is InChI=1S/C23H28F2N4O/c1-3-28-15-20-22(29(4-2)16-28)27-21(26-20)10-7-17-5-8-18(9-6-17)30-19-11-13-23(24,25)14-12-19/h5-10,15,19H,3-4,11-14,16H2,1-2H3/b10-7+. The topological polar surface area (TPSA) is 40.4 Å². The van der Waals surface area contributed by atoms with Gasteiger partial charge in [0, 0.05) is 32.1 Å². The first-order valence-corrected chi connectivity index (χ1v) is 10.7. The van der Waals surface area contributed by atoms with Gasteiger partial charge in [-0.05, 0) is 50.5 Å². The number of fused-ring (bicyclic) bond motifs is 1. The maximum atomic E-state index is 13.3. The molecule has 160 valence electrons. The van der Waals surface area contributed by atoms with Gasteiger partial charge in [0.05, 0.1) is 12.8 Å². The minimum Gasteiger partial charge on any atom is -0.490 e. The Bertz CT molecular complexity index is 879. The Kier molecular flexibility index (Phi) is 5.88. The second-order valence-corrected chi connectivity index (χ2v) is 7.90. The number of alkyl halides is 2. The zero-order chi connectivity index (χ0) is 21.1. The van der Waals surface area contributed by atoms with Crippen molar-refractivity contribution in [3.63, 3.8) is 0 Å². The third-order valence-corrected chi connectivity index (χ3v) is 5.70. The summed E-state index contributed by atoms with van der Waals surface area (Å²) < 4.78 is 32.4. The molecule has 1 aliphatic carbocycles. The number of hydrogen-bond acceptors (Lipinski definition) is 5. The second-order valence-electron chi connectivity index (χ2n) is 7.90. The number of aliphatic imine (C=N–C) groups is 2. The van der Waals surface area contributed by atoms with Crippen molar-refractivity contribution in [1.29, 1.82) is 0 Å². The Morgan fingerprint density at radius 3 is 2.47 bits per heavy atom. The summed E-state index contributed by atoms with van der Waals surface area (Å²) in [4.78, 5) is 13.8. The number of ether oxygens (including phenoxy) is 1. The SMILES string of the molecule is CCN1C=C2N=C(/C=C/c3ccc(OC4CCC(F)(F)CC4)cc3)N=C2N(CC)C1. The lowest BCUT2D eigenvalue weighted by molar-refractivity contribution is -0.0582. The van der Waals surface area contributed by atoms with E-state index in [9.17, 15) is 8.78 Å². The Morgan fingerprint density at radius 1 is 1.07 bits per heavy atom. The monoisotopic (exact) mass is 414 g/mol. The molecule has 2 heterocycles. The smallest absolute Gasteiger partial charge is 0.248 e. The third kappa shape index (κ3) is 4.71. The molecule has 2 aliphatic heterocycles. The molecular weight excluding hydrogens is 386 g/mol. The number of nitrogens with zero attached hydrogens (tertiary/aromatic N) is 4. The van der Waals surface area contributed by atoms with Crippen LogP contribution >= 0.6 is 0 Å². The molecule has 0 aromatic heterocycles. The fourth-order valence-electron chi connectivity index (χ4n) is 3.85. The van der Waals surface area contributed by atoms with Gasteiger partial charge in [-0.3, -0.25) is 0 Å². The predicted octanol–water partition coefficient (Wildman–Crippen LogP) is 4.92. The summed E-state index contributed by atoms with van der Waals surface area (Å²) >= 11 is 0. The van der Waals surface area contributed by atoms with Crippen LogP contribution in [0.2, 0.25) is 0 Å². The van der Waals surface area contributed by atoms with E-state index in [0.29, 0.717) is 18.7 Å². The van der Waals surface area contributed by atoms with Crippen molar-refractivity contribution in [2.24, 2.45) is 9.98 Å². The van der Waals surface area contributed by atoms with Crippen LogP contribution in [-0.4, -0.2) is 53.3 Å². The van der Waals surface area contributed by atoms with E-state index in [1.807, 2.05) is 36.4 Å². The first-order chi connectivity index (χ1) is 14.5. The van der Waals surface area contributed by atoms with Crippen molar-refractivity contribution >= 4 is 17.7 Å². The van der Waals surface area contributed by atoms with E-state index in [2.05, 4.69) is 39.8 Å². The van der Waals surface area contributed by atoms with Gasteiger partial charge < -0.3 is 14.5 Å². The van der Waals surface area contributed by atoms with Gasteiger partial charge in [0.2, 0.25) is 5.92 Å². The highest BCUT2D eigenvalue weighted by Crippen LogP contribution is 2.34. The van der Waals surface area contributed by atoms with Crippen LogP contribution in [0.1, 0.15) is 45.1 Å². The van der Waals surface area contributed by atoms with Crippen LogP contribution in [0.15, 0.2) is 52.2 Å². The Hall–Kier alpha value is -2.70. The van der Waals surface area contributed by atoms with Gasteiger partial charge in [-0.1, -0.05) is 18.2 Å². The molecule has 30 heavy (non-hydrogen) atoms. The molecule has 7 heteroatoms. The summed E-state index contributed by atoms with van der Waals surface area (Å²) in [6.07, 6.45) is 6.43. The van der Waals surface area contributed by atoms with Crippen LogP contribution in [0.25, 0.3) is 6.08 Å². The summed E-state index contributed by atoms with van der Waals surface area (Å²) in [5.41, 5.74) is 1.92. The molecule has 0 N–H and O–H groups in total. The van der Waals surface area contributed by atoms with Crippen LogP contribution in [0, 0.1) is 0 Å². The highest BCUT2D eigenvalue weighted by molar-refractivity contribution is 6.16. The van der Waals surface area contributed by atoms with Gasteiger partial charge in [0.25, 0.3) is 0 Å². The number of benzene rings is 1. The molecule has 0 atom stereocenters. The zero-order valence-corrected chi connectivity index (χ0v) is 17.5. The minimum absolute atomic E-state index is 0.0922. The molecule has 1 fully saturated rings. The quantitative estimate of drug-likeness (QED) is 0.663. The van der Waals surface area contributed by atoms with Crippen LogP contribution < -0.4 is 4.74 Å². The number of rotatable bonds is 6. The maximum Gasteiger partial charge on any atom is 0.248 e. The maximum absolute atomic E-state index is 13.3. The van der Waals surface area contributed by atoms with Crippen LogP contribution in [0.4, 0.5) is 8.78 Å². The van der Waals surface area contributed by atoms with E-state index in [4.69, 9.17) is 4.74 Å². The molecule has 4 rings (SSSR count). The van der Waals surface area contributed by atoms with E-state index in [-0.39, 0.29) is 18.9 Å². The van der Waals surface area contributed by atoms with Gasteiger partial charge in [-0.25, -0.2) is 18.8 Å². The summed E-state index contributed by atoms with van der Waals surface area (Å²) in [6, 6.07) is 7.68. The number of likely N-dealkylation sites (N-methyl/N-ethyl adjacent to an activating group) is 1. The van der Waals surface area contributed by atoms with Crippen molar-refractivity contribution in [2.75, 3.05) is 19.8 Å². The van der Waals surface area contributed by atoms with Crippen molar-refractivity contribution < 1.29 is 13.5 Å².